The van der Waals surface area contributed by atoms with Gasteiger partial charge in [0.1, 0.15) is 5.72 Å². The fourth-order valence-corrected chi connectivity index (χ4v) is 6.31. The van der Waals surface area contributed by atoms with Gasteiger partial charge in [-0.3, -0.25) is 9.59 Å². The number of nitrogens with zero attached hydrogens (tertiary/aromatic N) is 1. The summed E-state index contributed by atoms with van der Waals surface area (Å²) >= 11 is 5.90. The number of amides is 2. The van der Waals surface area contributed by atoms with Crippen LogP contribution in [-0.2, 0) is 9.59 Å². The van der Waals surface area contributed by atoms with E-state index in [0.717, 1.165) is 26.7 Å². The molecule has 2 amide bonds. The fourth-order valence-electron chi connectivity index (χ4n) is 4.21. The second-order valence-corrected chi connectivity index (χ2v) is 11.6. The van der Waals surface area contributed by atoms with Crippen molar-refractivity contribution < 1.29 is 14.7 Å². The van der Waals surface area contributed by atoms with Gasteiger partial charge in [0.25, 0.3) is 0 Å². The zero-order valence-corrected chi connectivity index (χ0v) is 23.3. The quantitative estimate of drug-likeness (QED) is 0.283. The second kappa shape index (κ2) is 11.5. The fraction of sp³-hybridized carbons (Fsp3) is 0.222. The molecule has 3 aromatic rings. The van der Waals surface area contributed by atoms with Gasteiger partial charge in [-0.25, -0.2) is 0 Å². The van der Waals surface area contributed by atoms with E-state index < -0.39 is 23.5 Å². The van der Waals surface area contributed by atoms with Crippen LogP contribution in [0.2, 0.25) is 0 Å². The molecule has 0 fully saturated rings. The van der Waals surface area contributed by atoms with Gasteiger partial charge in [0.2, 0.25) is 11.8 Å². The predicted molar refractivity (Wildman–Crippen MR) is 152 cm³/mol. The minimum Gasteiger partial charge on any atom is -0.370 e. The van der Waals surface area contributed by atoms with Crippen LogP contribution in [0.25, 0.3) is 0 Å². The molecule has 2 heterocycles. The first kappa shape index (κ1) is 26.9. The highest BCUT2D eigenvalue weighted by atomic mass is 79.9. The normalized spacial score (nSPS) is 21.1. The van der Waals surface area contributed by atoms with Crippen molar-refractivity contribution in [1.82, 2.24) is 5.32 Å². The van der Waals surface area contributed by atoms with E-state index in [1.165, 1.54) is 18.3 Å². The van der Waals surface area contributed by atoms with Gasteiger partial charge in [-0.2, -0.15) is 5.26 Å². The summed E-state index contributed by atoms with van der Waals surface area (Å²) < 4.78 is 0.901. The SMILES string of the molecule is Cc1ccccc1NC(=O)[C@@H]1[C@H](c2cccs2)C(C#N)=C(SCC(=O)Nc2ccc(Br)cc2)N[C@]1(C)O. The third-order valence-electron chi connectivity index (χ3n) is 5.99. The lowest BCUT2D eigenvalue weighted by atomic mass is 9.76. The van der Waals surface area contributed by atoms with Crippen molar-refractivity contribution in [3.05, 3.63) is 91.6 Å². The Kier molecular flexibility index (Phi) is 8.39. The lowest BCUT2D eigenvalue weighted by Gasteiger charge is -2.43. The molecule has 1 aliphatic rings. The van der Waals surface area contributed by atoms with Crippen LogP contribution in [0.1, 0.15) is 23.3 Å². The first-order valence-electron chi connectivity index (χ1n) is 11.4. The number of thioether (sulfide) groups is 1. The maximum atomic E-state index is 13.6. The van der Waals surface area contributed by atoms with Crippen molar-refractivity contribution >= 4 is 62.2 Å². The van der Waals surface area contributed by atoms with Gasteiger partial charge in [0, 0.05) is 26.6 Å². The van der Waals surface area contributed by atoms with Crippen LogP contribution in [0.5, 0.6) is 0 Å². The molecule has 0 aliphatic carbocycles. The number of thiophene rings is 1. The minimum absolute atomic E-state index is 0.0108. The van der Waals surface area contributed by atoms with Crippen LogP contribution in [0.4, 0.5) is 11.4 Å². The largest absolute Gasteiger partial charge is 0.370 e. The Morgan fingerprint density at radius 1 is 1.16 bits per heavy atom. The second-order valence-electron chi connectivity index (χ2n) is 8.75. The van der Waals surface area contributed by atoms with E-state index >= 15 is 0 Å². The van der Waals surface area contributed by atoms with Gasteiger partial charge in [0.05, 0.1) is 28.3 Å². The molecule has 0 bridgehead atoms. The molecule has 1 aliphatic heterocycles. The highest BCUT2D eigenvalue weighted by molar-refractivity contribution is 9.10. The molecule has 37 heavy (non-hydrogen) atoms. The number of rotatable bonds is 7. The number of nitriles is 1. The highest BCUT2D eigenvalue weighted by Crippen LogP contribution is 2.46. The number of halogens is 1. The molecule has 7 nitrogen and oxygen atoms in total. The van der Waals surface area contributed by atoms with Gasteiger partial charge < -0.3 is 21.1 Å². The van der Waals surface area contributed by atoms with Gasteiger partial charge in [-0.05, 0) is 61.2 Å². The Labute approximate surface area is 232 Å². The smallest absolute Gasteiger partial charge is 0.234 e. The zero-order valence-electron chi connectivity index (χ0n) is 20.1. The Morgan fingerprint density at radius 3 is 2.54 bits per heavy atom. The molecule has 4 N–H and O–H groups in total. The van der Waals surface area contributed by atoms with Crippen LogP contribution in [-0.4, -0.2) is 28.4 Å². The van der Waals surface area contributed by atoms with E-state index in [2.05, 4.69) is 37.9 Å². The third kappa shape index (κ3) is 6.25. The summed E-state index contributed by atoms with van der Waals surface area (Å²) in [5, 5.41) is 32.7. The van der Waals surface area contributed by atoms with Crippen molar-refractivity contribution in [2.24, 2.45) is 5.92 Å². The van der Waals surface area contributed by atoms with E-state index in [-0.39, 0.29) is 11.7 Å². The maximum absolute atomic E-state index is 13.6. The summed E-state index contributed by atoms with van der Waals surface area (Å²) in [5.41, 5.74) is 0.792. The molecule has 3 atom stereocenters. The highest BCUT2D eigenvalue weighted by Gasteiger charge is 2.50. The van der Waals surface area contributed by atoms with E-state index in [0.29, 0.717) is 22.0 Å². The van der Waals surface area contributed by atoms with Crippen molar-refractivity contribution in [2.75, 3.05) is 16.4 Å². The number of hydrogen-bond acceptors (Lipinski definition) is 7. The maximum Gasteiger partial charge on any atom is 0.234 e. The van der Waals surface area contributed by atoms with Crippen LogP contribution < -0.4 is 16.0 Å². The summed E-state index contributed by atoms with van der Waals surface area (Å²) in [6.07, 6.45) is 0. The topological polar surface area (TPSA) is 114 Å². The molecule has 0 unspecified atom stereocenters. The minimum atomic E-state index is -1.69. The van der Waals surface area contributed by atoms with Gasteiger partial charge in [-0.1, -0.05) is 52.0 Å². The predicted octanol–water partition coefficient (Wildman–Crippen LogP) is 5.58. The summed E-state index contributed by atoms with van der Waals surface area (Å²) in [7, 11) is 0. The summed E-state index contributed by atoms with van der Waals surface area (Å²) in [5.74, 6) is -2.35. The lowest BCUT2D eigenvalue weighted by molar-refractivity contribution is -0.131. The molecule has 0 saturated heterocycles. The summed E-state index contributed by atoms with van der Waals surface area (Å²) in [4.78, 5) is 27.0. The van der Waals surface area contributed by atoms with Crippen LogP contribution in [0.3, 0.4) is 0 Å². The molecule has 0 radical (unpaired) electrons. The van der Waals surface area contributed by atoms with Crippen LogP contribution in [0.15, 0.2) is 81.1 Å². The molecule has 1 aromatic heterocycles. The van der Waals surface area contributed by atoms with Gasteiger partial charge in [-0.15, -0.1) is 11.3 Å². The number of anilines is 2. The average molecular weight is 598 g/mol. The first-order chi connectivity index (χ1) is 17.7. The molecule has 10 heteroatoms. The Morgan fingerprint density at radius 2 is 1.89 bits per heavy atom. The van der Waals surface area contributed by atoms with Crippen molar-refractivity contribution in [3.8, 4) is 6.07 Å². The van der Waals surface area contributed by atoms with Crippen LogP contribution in [0, 0.1) is 24.2 Å². The molecular formula is C27H25BrN4O3S2. The summed E-state index contributed by atoms with van der Waals surface area (Å²) in [6, 6.07) is 20.5. The Hall–Kier alpha value is -3.10. The average Bonchev–Trinajstić information content (AvgIpc) is 3.39. The van der Waals surface area contributed by atoms with E-state index in [1.807, 2.05) is 54.8 Å². The molecule has 2 aromatic carbocycles. The van der Waals surface area contributed by atoms with E-state index in [1.54, 1.807) is 18.2 Å². The monoisotopic (exact) mass is 596 g/mol. The van der Waals surface area contributed by atoms with Crippen LogP contribution >= 0.6 is 39.0 Å². The third-order valence-corrected chi connectivity index (χ3v) is 8.49. The Bertz CT molecular complexity index is 1370. The first-order valence-corrected chi connectivity index (χ1v) is 14.1. The van der Waals surface area contributed by atoms with E-state index in [4.69, 9.17) is 0 Å². The van der Waals surface area contributed by atoms with Crippen molar-refractivity contribution in [3.63, 3.8) is 0 Å². The Balaban J connectivity index is 1.62. The van der Waals surface area contributed by atoms with Crippen molar-refractivity contribution in [1.29, 1.82) is 5.26 Å². The molecule has 190 valence electrons. The number of aryl methyl sites for hydroxylation is 1. The number of aliphatic hydroxyl groups is 1. The zero-order chi connectivity index (χ0) is 26.6. The van der Waals surface area contributed by atoms with Gasteiger partial charge in [0.15, 0.2) is 0 Å². The molecule has 4 rings (SSSR count). The number of carbonyl (C=O) groups excluding carboxylic acids is 2. The number of para-hydroxylation sites is 1. The number of carbonyl (C=O) groups is 2. The van der Waals surface area contributed by atoms with Crippen molar-refractivity contribution in [2.45, 2.75) is 25.5 Å². The number of nitrogens with one attached hydrogen (secondary N) is 3. The molecule has 0 spiro atoms. The number of hydrogen-bond donors (Lipinski definition) is 4. The number of benzene rings is 2. The number of allylic oxidation sites excluding steroid dienone is 1. The molecular weight excluding hydrogens is 572 g/mol. The lowest BCUT2D eigenvalue weighted by Crippen LogP contribution is -2.57. The van der Waals surface area contributed by atoms with Gasteiger partial charge >= 0.3 is 0 Å². The molecule has 0 saturated carbocycles. The standard InChI is InChI=1S/C27H25BrN4O3S2/c1-16-6-3-4-7-20(16)31-25(34)24-23(21-8-5-13-36-21)19(14-29)26(32-27(24,2)35)37-15-22(33)30-18-11-9-17(28)10-12-18/h3-13,23-24,32,35H,15H2,1-2H3,(H,30,33)(H,31,34)/t23-,24-,27+/m0/s1. The summed E-state index contributed by atoms with van der Waals surface area (Å²) in [6.45, 7) is 3.41. The van der Waals surface area contributed by atoms with E-state index in [9.17, 15) is 20.0 Å².